The van der Waals surface area contributed by atoms with Gasteiger partial charge in [-0.25, -0.2) is 13.2 Å². The van der Waals surface area contributed by atoms with Gasteiger partial charge in [0, 0.05) is 22.9 Å². The largest absolute Gasteiger partial charge is 0.388 e. The van der Waals surface area contributed by atoms with Crippen molar-refractivity contribution in [1.82, 2.24) is 0 Å². The molecule has 0 saturated carbocycles. The Balaban J connectivity index is 2.23. The standard InChI is InChI=1S/C12H8BrF3OS/c13-12-2-1-6(18-12)3-11(17)7-4-9(15)10(16)5-8(7)14/h1-2,4-5,11,17H,3H2. The first kappa shape index (κ1) is 13.6. The van der Waals surface area contributed by atoms with Gasteiger partial charge in [-0.2, -0.15) is 0 Å². The molecule has 1 heterocycles. The molecule has 1 N–H and O–H groups in total. The van der Waals surface area contributed by atoms with Crippen molar-refractivity contribution >= 4 is 27.3 Å². The van der Waals surface area contributed by atoms with Crippen molar-refractivity contribution in [1.29, 1.82) is 0 Å². The highest BCUT2D eigenvalue weighted by Crippen LogP contribution is 2.28. The second kappa shape index (κ2) is 5.42. The maximum absolute atomic E-state index is 13.4. The van der Waals surface area contributed by atoms with E-state index in [4.69, 9.17) is 0 Å². The molecule has 2 rings (SSSR count). The van der Waals surface area contributed by atoms with Crippen LogP contribution in [0.25, 0.3) is 0 Å². The Morgan fingerprint density at radius 3 is 2.39 bits per heavy atom. The zero-order valence-corrected chi connectivity index (χ0v) is 11.4. The monoisotopic (exact) mass is 336 g/mol. The van der Waals surface area contributed by atoms with E-state index in [1.165, 1.54) is 11.3 Å². The number of benzene rings is 1. The molecule has 0 bridgehead atoms. The molecule has 0 aliphatic carbocycles. The minimum Gasteiger partial charge on any atom is -0.388 e. The summed E-state index contributed by atoms with van der Waals surface area (Å²) < 4.78 is 40.1. The number of aliphatic hydroxyl groups excluding tert-OH is 1. The summed E-state index contributed by atoms with van der Waals surface area (Å²) >= 11 is 4.66. The van der Waals surface area contributed by atoms with Gasteiger partial charge in [0.25, 0.3) is 0 Å². The highest BCUT2D eigenvalue weighted by atomic mass is 79.9. The van der Waals surface area contributed by atoms with Gasteiger partial charge in [-0.15, -0.1) is 11.3 Å². The van der Waals surface area contributed by atoms with E-state index in [2.05, 4.69) is 15.9 Å². The molecular formula is C12H8BrF3OS. The third-order valence-corrected chi connectivity index (χ3v) is 4.07. The van der Waals surface area contributed by atoms with Crippen LogP contribution in [0.5, 0.6) is 0 Å². The lowest BCUT2D eigenvalue weighted by Crippen LogP contribution is -2.05. The Morgan fingerprint density at radius 2 is 1.78 bits per heavy atom. The fourth-order valence-corrected chi connectivity index (χ4v) is 3.08. The lowest BCUT2D eigenvalue weighted by molar-refractivity contribution is 0.173. The predicted octanol–water partition coefficient (Wildman–Crippen LogP) is 4.20. The van der Waals surface area contributed by atoms with Crippen molar-refractivity contribution in [2.45, 2.75) is 12.5 Å². The minimum atomic E-state index is -1.26. The van der Waals surface area contributed by atoms with Crippen LogP contribution in [0.3, 0.4) is 0 Å². The van der Waals surface area contributed by atoms with E-state index >= 15 is 0 Å². The normalized spacial score (nSPS) is 12.7. The second-order valence-corrected chi connectivity index (χ2v) is 6.26. The van der Waals surface area contributed by atoms with Gasteiger partial charge in [0.2, 0.25) is 0 Å². The number of halogens is 4. The molecule has 1 aromatic heterocycles. The van der Waals surface area contributed by atoms with E-state index in [0.29, 0.717) is 12.1 Å². The van der Waals surface area contributed by atoms with Gasteiger partial charge < -0.3 is 5.11 Å². The number of rotatable bonds is 3. The molecule has 1 atom stereocenters. The van der Waals surface area contributed by atoms with E-state index in [-0.39, 0.29) is 12.0 Å². The van der Waals surface area contributed by atoms with Gasteiger partial charge in [-0.1, -0.05) is 0 Å². The molecule has 96 valence electrons. The van der Waals surface area contributed by atoms with Crippen LogP contribution in [0, 0.1) is 17.5 Å². The van der Waals surface area contributed by atoms with Gasteiger partial charge in [0.1, 0.15) is 5.82 Å². The summed E-state index contributed by atoms with van der Waals surface area (Å²) in [5, 5.41) is 9.84. The van der Waals surface area contributed by atoms with Crippen LogP contribution in [0.4, 0.5) is 13.2 Å². The van der Waals surface area contributed by atoms with Crippen molar-refractivity contribution in [3.63, 3.8) is 0 Å². The number of thiophene rings is 1. The van der Waals surface area contributed by atoms with Gasteiger partial charge in [0.05, 0.1) is 9.89 Å². The summed E-state index contributed by atoms with van der Waals surface area (Å²) in [4.78, 5) is 0.818. The van der Waals surface area contributed by atoms with E-state index in [1.807, 2.05) is 0 Å². The van der Waals surface area contributed by atoms with E-state index in [1.54, 1.807) is 12.1 Å². The Morgan fingerprint density at radius 1 is 1.11 bits per heavy atom. The van der Waals surface area contributed by atoms with E-state index < -0.39 is 23.6 Å². The summed E-state index contributed by atoms with van der Waals surface area (Å²) in [5.41, 5.74) is -0.238. The minimum absolute atomic E-state index is 0.151. The van der Waals surface area contributed by atoms with Crippen LogP contribution < -0.4 is 0 Å². The van der Waals surface area contributed by atoms with Gasteiger partial charge >= 0.3 is 0 Å². The van der Waals surface area contributed by atoms with Crippen molar-refractivity contribution in [2.75, 3.05) is 0 Å². The molecule has 2 aromatic rings. The van der Waals surface area contributed by atoms with E-state index in [9.17, 15) is 18.3 Å². The van der Waals surface area contributed by atoms with Crippen molar-refractivity contribution < 1.29 is 18.3 Å². The Labute approximate surface area is 114 Å². The topological polar surface area (TPSA) is 20.2 Å². The summed E-state index contributed by atoms with van der Waals surface area (Å²) in [5.74, 6) is -3.38. The Bertz CT molecular complexity index is 570. The van der Waals surface area contributed by atoms with Crippen LogP contribution in [-0.4, -0.2) is 5.11 Å². The zero-order chi connectivity index (χ0) is 13.3. The molecule has 0 saturated heterocycles. The molecule has 0 aliphatic heterocycles. The maximum atomic E-state index is 13.4. The van der Waals surface area contributed by atoms with Crippen LogP contribution in [0.15, 0.2) is 28.1 Å². The number of hydrogen-bond acceptors (Lipinski definition) is 2. The van der Waals surface area contributed by atoms with Crippen molar-refractivity contribution in [3.8, 4) is 0 Å². The second-order valence-electron chi connectivity index (χ2n) is 3.71. The molecular weight excluding hydrogens is 329 g/mol. The van der Waals surface area contributed by atoms with Crippen molar-refractivity contribution in [3.05, 3.63) is 55.9 Å². The average Bonchev–Trinajstić information content (AvgIpc) is 2.69. The number of aliphatic hydroxyl groups is 1. The van der Waals surface area contributed by atoms with Crippen LogP contribution in [-0.2, 0) is 6.42 Å². The first-order chi connectivity index (χ1) is 8.47. The van der Waals surface area contributed by atoms with Gasteiger partial charge in [-0.3, -0.25) is 0 Å². The first-order valence-electron chi connectivity index (χ1n) is 5.04. The average molecular weight is 337 g/mol. The smallest absolute Gasteiger partial charge is 0.161 e. The van der Waals surface area contributed by atoms with Crippen LogP contribution >= 0.6 is 27.3 Å². The molecule has 0 radical (unpaired) electrons. The third-order valence-electron chi connectivity index (χ3n) is 2.42. The summed E-state index contributed by atoms with van der Waals surface area (Å²) in [7, 11) is 0. The highest BCUT2D eigenvalue weighted by molar-refractivity contribution is 9.11. The van der Waals surface area contributed by atoms with Crippen LogP contribution in [0.1, 0.15) is 16.5 Å². The highest BCUT2D eigenvalue weighted by Gasteiger charge is 2.17. The molecule has 0 spiro atoms. The molecule has 0 amide bonds. The first-order valence-corrected chi connectivity index (χ1v) is 6.65. The molecule has 1 nitrogen and oxygen atoms in total. The SMILES string of the molecule is OC(Cc1ccc(Br)s1)c1cc(F)c(F)cc1F. The molecule has 1 unspecified atom stereocenters. The fraction of sp³-hybridized carbons (Fsp3) is 0.167. The van der Waals surface area contributed by atoms with Crippen LogP contribution in [0.2, 0.25) is 0 Å². The lowest BCUT2D eigenvalue weighted by Gasteiger charge is -2.11. The Hall–Kier alpha value is -0.850. The maximum Gasteiger partial charge on any atom is 0.161 e. The fourth-order valence-electron chi connectivity index (χ4n) is 1.56. The summed E-state index contributed by atoms with van der Waals surface area (Å²) in [6.07, 6.45) is -1.05. The zero-order valence-electron chi connectivity index (χ0n) is 8.96. The molecule has 6 heteroatoms. The number of hydrogen-bond donors (Lipinski definition) is 1. The van der Waals surface area contributed by atoms with Crippen molar-refractivity contribution in [2.24, 2.45) is 0 Å². The van der Waals surface area contributed by atoms with Gasteiger partial charge in [-0.05, 0) is 34.1 Å². The Kier molecular flexibility index (Phi) is 4.09. The molecule has 0 fully saturated rings. The quantitative estimate of drug-likeness (QED) is 0.832. The molecule has 1 aromatic carbocycles. The molecule has 18 heavy (non-hydrogen) atoms. The third kappa shape index (κ3) is 2.93. The van der Waals surface area contributed by atoms with E-state index in [0.717, 1.165) is 8.66 Å². The van der Waals surface area contributed by atoms with Gasteiger partial charge in [0.15, 0.2) is 11.6 Å². The predicted molar refractivity (Wildman–Crippen MR) is 67.0 cm³/mol. The molecule has 0 aliphatic rings. The summed E-state index contributed by atoms with van der Waals surface area (Å²) in [6.45, 7) is 0. The lowest BCUT2D eigenvalue weighted by atomic mass is 10.0. The summed E-state index contributed by atoms with van der Waals surface area (Å²) in [6, 6.07) is 4.71.